The van der Waals surface area contributed by atoms with Crippen molar-refractivity contribution in [3.63, 3.8) is 0 Å². The van der Waals surface area contributed by atoms with Crippen LogP contribution in [0.4, 0.5) is 5.69 Å². The Labute approximate surface area is 241 Å². The summed E-state index contributed by atoms with van der Waals surface area (Å²) in [7, 11) is 0. The van der Waals surface area contributed by atoms with Gasteiger partial charge in [0.25, 0.3) is 11.8 Å². The van der Waals surface area contributed by atoms with Crippen molar-refractivity contribution in [2.24, 2.45) is 0 Å². The van der Waals surface area contributed by atoms with Crippen LogP contribution in [-0.2, 0) is 20.9 Å². The summed E-state index contributed by atoms with van der Waals surface area (Å²) < 4.78 is 1.35. The Balaban J connectivity index is 1.37. The first-order valence-corrected chi connectivity index (χ1v) is 15.0. The van der Waals surface area contributed by atoms with Gasteiger partial charge in [-0.2, -0.15) is 0 Å². The summed E-state index contributed by atoms with van der Waals surface area (Å²) in [5.74, 6) is -1.09. The summed E-state index contributed by atoms with van der Waals surface area (Å²) >= 11 is 10.3. The number of thioether (sulfide) groups is 1. The summed E-state index contributed by atoms with van der Waals surface area (Å²) in [4.78, 5) is 41.5. The van der Waals surface area contributed by atoms with Gasteiger partial charge >= 0.3 is 5.97 Å². The van der Waals surface area contributed by atoms with Crippen LogP contribution in [-0.4, -0.2) is 38.7 Å². The highest BCUT2D eigenvalue weighted by molar-refractivity contribution is 9.10. The van der Waals surface area contributed by atoms with Gasteiger partial charge in [-0.3, -0.25) is 19.3 Å². The highest BCUT2D eigenvalue weighted by Crippen LogP contribution is 2.46. The fourth-order valence-electron chi connectivity index (χ4n) is 4.79. The third kappa shape index (κ3) is 6.93. The van der Waals surface area contributed by atoms with E-state index in [1.807, 2.05) is 48.5 Å². The molecule has 0 bridgehead atoms. The van der Waals surface area contributed by atoms with Gasteiger partial charge in [-0.15, -0.1) is 0 Å². The molecule has 0 aliphatic carbocycles. The molecule has 6 nitrogen and oxygen atoms in total. The van der Waals surface area contributed by atoms with Gasteiger partial charge in [-0.1, -0.05) is 109 Å². The molecule has 1 fully saturated rings. The van der Waals surface area contributed by atoms with Crippen LogP contribution in [0.1, 0.15) is 68.9 Å². The van der Waals surface area contributed by atoms with E-state index in [0.29, 0.717) is 27.9 Å². The normalized spacial score (nSPS) is 17.0. The number of carbonyl (C=O) groups is 3. The molecule has 0 spiro atoms. The first-order valence-electron chi connectivity index (χ1n) is 13.0. The maximum Gasteiger partial charge on any atom is 0.303 e. The first kappa shape index (κ1) is 28.5. The Bertz CT molecular complexity index is 1250. The topological polar surface area (TPSA) is 77.9 Å². The Morgan fingerprint density at radius 3 is 2.21 bits per heavy atom. The van der Waals surface area contributed by atoms with Crippen LogP contribution in [0.3, 0.4) is 0 Å². The number of hydrogen-bond acceptors (Lipinski definition) is 5. The summed E-state index contributed by atoms with van der Waals surface area (Å²) in [6.45, 7) is 0.977. The smallest absolute Gasteiger partial charge is 0.303 e. The molecule has 2 aliphatic heterocycles. The van der Waals surface area contributed by atoms with Crippen LogP contribution in [0, 0.1) is 0 Å². The summed E-state index contributed by atoms with van der Waals surface area (Å²) in [5.41, 5.74) is 3.00. The number of anilines is 1. The van der Waals surface area contributed by atoms with Crippen LogP contribution in [0.25, 0.3) is 5.57 Å². The molecular formula is C29H31BrN2O4S2. The van der Waals surface area contributed by atoms with Gasteiger partial charge in [0.15, 0.2) is 0 Å². The van der Waals surface area contributed by atoms with Crippen molar-refractivity contribution < 1.29 is 19.5 Å². The predicted octanol–water partition coefficient (Wildman–Crippen LogP) is 7.16. The average molecular weight is 616 g/mol. The number of aliphatic carboxylic acids is 1. The average Bonchev–Trinajstić information content (AvgIpc) is 3.31. The third-order valence-corrected chi connectivity index (χ3v) is 8.70. The van der Waals surface area contributed by atoms with Crippen LogP contribution in [0.15, 0.2) is 57.9 Å². The van der Waals surface area contributed by atoms with E-state index < -0.39 is 5.97 Å². The third-order valence-electron chi connectivity index (χ3n) is 6.76. The van der Waals surface area contributed by atoms with Gasteiger partial charge in [0, 0.05) is 23.0 Å². The number of carboxylic acid groups (broad SMARTS) is 1. The summed E-state index contributed by atoms with van der Waals surface area (Å²) in [6.07, 6.45) is 8.13. The second-order valence-electron chi connectivity index (χ2n) is 9.54. The lowest BCUT2D eigenvalue weighted by atomic mass is 10.1. The van der Waals surface area contributed by atoms with E-state index in [1.165, 1.54) is 11.8 Å². The molecular weight excluding hydrogens is 584 g/mol. The van der Waals surface area contributed by atoms with E-state index in [9.17, 15) is 14.4 Å². The zero-order valence-corrected chi connectivity index (χ0v) is 24.4. The molecule has 0 atom stereocenters. The van der Waals surface area contributed by atoms with E-state index in [4.69, 9.17) is 17.3 Å². The molecule has 2 aromatic rings. The number of hydrogen-bond donors (Lipinski definition) is 1. The van der Waals surface area contributed by atoms with Gasteiger partial charge in [0.05, 0.1) is 22.7 Å². The summed E-state index contributed by atoms with van der Waals surface area (Å²) in [6, 6.07) is 15.6. The van der Waals surface area contributed by atoms with E-state index >= 15 is 0 Å². The van der Waals surface area contributed by atoms with Crippen LogP contribution in [0.2, 0.25) is 0 Å². The lowest BCUT2D eigenvalue weighted by Crippen LogP contribution is -2.30. The van der Waals surface area contributed by atoms with Gasteiger partial charge in [-0.25, -0.2) is 0 Å². The quantitative estimate of drug-likeness (QED) is 0.146. The van der Waals surface area contributed by atoms with Gasteiger partial charge < -0.3 is 10.0 Å². The van der Waals surface area contributed by atoms with Gasteiger partial charge in [-0.05, 0) is 36.6 Å². The maximum atomic E-state index is 13.7. The number of rotatable bonds is 13. The molecule has 1 N–H and O–H groups in total. The molecule has 0 radical (unpaired) electrons. The minimum Gasteiger partial charge on any atom is -0.481 e. The Kier molecular flexibility index (Phi) is 10.2. The predicted molar refractivity (Wildman–Crippen MR) is 160 cm³/mol. The molecule has 1 saturated heterocycles. The molecule has 2 aliphatic rings. The summed E-state index contributed by atoms with van der Waals surface area (Å²) in [5, 5.41) is 8.69. The first-order chi connectivity index (χ1) is 18.4. The number of fused-ring (bicyclic) bond motifs is 1. The minimum atomic E-state index is -0.727. The highest BCUT2D eigenvalue weighted by atomic mass is 79.9. The molecule has 9 heteroatoms. The molecule has 200 valence electrons. The highest BCUT2D eigenvalue weighted by Gasteiger charge is 2.42. The van der Waals surface area contributed by atoms with Crippen LogP contribution < -0.4 is 4.90 Å². The molecule has 38 heavy (non-hydrogen) atoms. The Hall–Kier alpha value is -2.49. The van der Waals surface area contributed by atoms with Crippen LogP contribution >= 0.6 is 39.9 Å². The molecule has 0 aromatic heterocycles. The minimum absolute atomic E-state index is 0.175. The Morgan fingerprint density at radius 2 is 1.53 bits per heavy atom. The van der Waals surface area contributed by atoms with Crippen LogP contribution in [0.5, 0.6) is 0 Å². The SMILES string of the molecule is O=C(O)CCCCCCCCCCN1C(=O)/C(=C2/C(=O)N(Cc3ccccc3)c3ccc(Br)cc32)SC1=S. The van der Waals surface area contributed by atoms with Crippen molar-refractivity contribution in [2.45, 2.75) is 64.3 Å². The lowest BCUT2D eigenvalue weighted by Gasteiger charge is -2.17. The largest absolute Gasteiger partial charge is 0.481 e. The fourth-order valence-corrected chi connectivity index (χ4v) is 6.54. The van der Waals surface area contributed by atoms with E-state index in [-0.39, 0.29) is 18.2 Å². The Morgan fingerprint density at radius 1 is 0.868 bits per heavy atom. The van der Waals surface area contributed by atoms with Gasteiger partial charge in [0.2, 0.25) is 0 Å². The maximum absolute atomic E-state index is 13.7. The second-order valence-corrected chi connectivity index (χ2v) is 12.1. The number of amides is 2. The molecule has 2 aromatic carbocycles. The van der Waals surface area contributed by atoms with Crippen molar-refractivity contribution in [3.05, 3.63) is 69.0 Å². The van der Waals surface area contributed by atoms with Crippen molar-refractivity contribution >= 4 is 73.3 Å². The van der Waals surface area contributed by atoms with Crippen molar-refractivity contribution in [3.8, 4) is 0 Å². The standard InChI is InChI=1S/C29H31BrN2O4S2/c30-21-15-16-23-22(18-21)25(27(35)32(23)19-20-12-8-7-9-13-20)26-28(36)31(29(37)38-26)17-11-6-4-2-1-3-5-10-14-24(33)34/h7-9,12-13,15-16,18H,1-6,10-11,14,17,19H2,(H,33,34)/b26-25-. The number of benzene rings is 2. The van der Waals surface area contributed by atoms with Crippen molar-refractivity contribution in [1.29, 1.82) is 0 Å². The molecule has 0 unspecified atom stereocenters. The number of nitrogens with zero attached hydrogens (tertiary/aromatic N) is 2. The molecule has 4 rings (SSSR count). The molecule has 2 heterocycles. The van der Waals surface area contributed by atoms with Crippen molar-refractivity contribution in [1.82, 2.24) is 4.90 Å². The second kappa shape index (κ2) is 13.5. The molecule has 0 saturated carbocycles. The number of carbonyl (C=O) groups excluding carboxylic acids is 2. The van der Waals surface area contributed by atoms with E-state index in [2.05, 4.69) is 15.9 Å². The monoisotopic (exact) mass is 614 g/mol. The zero-order valence-electron chi connectivity index (χ0n) is 21.2. The van der Waals surface area contributed by atoms with E-state index in [0.717, 1.165) is 72.7 Å². The number of carboxylic acids is 1. The lowest BCUT2D eigenvalue weighted by molar-refractivity contribution is -0.137. The number of unbranched alkanes of at least 4 members (excludes halogenated alkanes) is 7. The zero-order chi connectivity index (χ0) is 27.1. The van der Waals surface area contributed by atoms with Gasteiger partial charge in [0.1, 0.15) is 4.32 Å². The number of halogens is 1. The number of thiocarbonyl (C=S) groups is 1. The fraction of sp³-hybridized carbons (Fsp3) is 0.379. The van der Waals surface area contributed by atoms with Crippen molar-refractivity contribution in [2.75, 3.05) is 11.4 Å². The van der Waals surface area contributed by atoms with E-state index in [1.54, 1.807) is 9.80 Å². The molecule has 2 amide bonds.